The number of ether oxygens (including phenoxy) is 1. The van der Waals surface area contributed by atoms with Gasteiger partial charge in [-0.05, 0) is 36.5 Å². The number of nitrogens with zero attached hydrogens (tertiary/aromatic N) is 2. The minimum Gasteiger partial charge on any atom is -0.497 e. The molecule has 1 unspecified atom stereocenters. The molecule has 1 aromatic carbocycles. The first-order valence-electron chi connectivity index (χ1n) is 8.12. The zero-order valence-corrected chi connectivity index (χ0v) is 17.0. The normalized spacial score (nSPS) is 19.2. The van der Waals surface area contributed by atoms with Gasteiger partial charge >= 0.3 is 0 Å². The van der Waals surface area contributed by atoms with Crippen molar-refractivity contribution < 1.29 is 4.74 Å². The van der Waals surface area contributed by atoms with E-state index in [0.717, 1.165) is 18.8 Å². The molecule has 1 aromatic rings. The SMILES string of the molecule is COc1cccc(C(C)(C)CN=C(N)N2CCCC(C)C2)c1.I. The lowest BCUT2D eigenvalue weighted by molar-refractivity contribution is 0.270. The fraction of sp³-hybridized carbons (Fsp3) is 0.611. The molecule has 1 atom stereocenters. The highest BCUT2D eigenvalue weighted by atomic mass is 127. The number of aliphatic imine (C=N–C) groups is 1. The Morgan fingerprint density at radius 1 is 1.43 bits per heavy atom. The van der Waals surface area contributed by atoms with Crippen LogP contribution in [0.25, 0.3) is 0 Å². The molecule has 1 aliphatic rings. The smallest absolute Gasteiger partial charge is 0.191 e. The third-order valence-electron chi connectivity index (χ3n) is 4.47. The molecule has 1 heterocycles. The highest BCUT2D eigenvalue weighted by Gasteiger charge is 2.22. The summed E-state index contributed by atoms with van der Waals surface area (Å²) in [4.78, 5) is 6.88. The van der Waals surface area contributed by atoms with Gasteiger partial charge in [0.25, 0.3) is 0 Å². The van der Waals surface area contributed by atoms with E-state index in [-0.39, 0.29) is 29.4 Å². The first-order chi connectivity index (χ1) is 10.4. The molecule has 0 aliphatic carbocycles. The van der Waals surface area contributed by atoms with Gasteiger partial charge in [-0.15, -0.1) is 24.0 Å². The van der Waals surface area contributed by atoms with Gasteiger partial charge in [0.05, 0.1) is 13.7 Å². The fourth-order valence-corrected chi connectivity index (χ4v) is 2.91. The maximum atomic E-state index is 6.20. The standard InChI is InChI=1S/C18H29N3O.HI/c1-14-7-6-10-21(12-14)17(19)20-13-18(2,3)15-8-5-9-16(11-15)22-4;/h5,8-9,11,14H,6-7,10,12-13H2,1-4H3,(H2,19,20);1H. The quantitative estimate of drug-likeness (QED) is 0.450. The summed E-state index contributed by atoms with van der Waals surface area (Å²) < 4.78 is 5.31. The van der Waals surface area contributed by atoms with Gasteiger partial charge in [-0.3, -0.25) is 4.99 Å². The Balaban J connectivity index is 0.00000264. The van der Waals surface area contributed by atoms with Crippen LogP contribution < -0.4 is 10.5 Å². The lowest BCUT2D eigenvalue weighted by atomic mass is 9.84. The molecule has 130 valence electrons. The van der Waals surface area contributed by atoms with Gasteiger partial charge in [0, 0.05) is 18.5 Å². The highest BCUT2D eigenvalue weighted by molar-refractivity contribution is 14.0. The van der Waals surface area contributed by atoms with Crippen LogP contribution in [0.5, 0.6) is 5.75 Å². The van der Waals surface area contributed by atoms with E-state index in [4.69, 9.17) is 10.5 Å². The van der Waals surface area contributed by atoms with E-state index >= 15 is 0 Å². The highest BCUT2D eigenvalue weighted by Crippen LogP contribution is 2.27. The molecule has 4 nitrogen and oxygen atoms in total. The van der Waals surface area contributed by atoms with Crippen LogP contribution >= 0.6 is 24.0 Å². The van der Waals surface area contributed by atoms with Crippen LogP contribution in [0.2, 0.25) is 0 Å². The summed E-state index contributed by atoms with van der Waals surface area (Å²) in [6.07, 6.45) is 2.50. The Morgan fingerprint density at radius 2 is 2.17 bits per heavy atom. The molecule has 23 heavy (non-hydrogen) atoms. The zero-order valence-electron chi connectivity index (χ0n) is 14.7. The minimum absolute atomic E-state index is 0. The Kier molecular flexibility index (Phi) is 7.64. The molecule has 0 spiro atoms. The van der Waals surface area contributed by atoms with Crippen LogP contribution in [-0.2, 0) is 5.41 Å². The molecule has 0 saturated carbocycles. The van der Waals surface area contributed by atoms with Crippen LogP contribution in [0.4, 0.5) is 0 Å². The van der Waals surface area contributed by atoms with E-state index in [0.29, 0.717) is 18.4 Å². The minimum atomic E-state index is -0.0689. The molecular formula is C18H30IN3O. The molecule has 0 aromatic heterocycles. The molecule has 1 fully saturated rings. The van der Waals surface area contributed by atoms with Crippen molar-refractivity contribution in [3.05, 3.63) is 29.8 Å². The number of nitrogens with two attached hydrogens (primary N) is 1. The van der Waals surface area contributed by atoms with E-state index in [1.165, 1.54) is 18.4 Å². The number of benzene rings is 1. The fourth-order valence-electron chi connectivity index (χ4n) is 2.91. The van der Waals surface area contributed by atoms with Gasteiger partial charge in [0.1, 0.15) is 5.75 Å². The van der Waals surface area contributed by atoms with E-state index in [2.05, 4.69) is 42.8 Å². The Labute approximate surface area is 157 Å². The van der Waals surface area contributed by atoms with E-state index < -0.39 is 0 Å². The number of likely N-dealkylation sites (tertiary alicyclic amines) is 1. The van der Waals surface area contributed by atoms with Gasteiger partial charge < -0.3 is 15.4 Å². The summed E-state index contributed by atoms with van der Waals surface area (Å²) in [5.41, 5.74) is 7.35. The van der Waals surface area contributed by atoms with Gasteiger partial charge in [0.15, 0.2) is 5.96 Å². The van der Waals surface area contributed by atoms with Crippen LogP contribution in [-0.4, -0.2) is 37.6 Å². The Morgan fingerprint density at radius 3 is 2.83 bits per heavy atom. The summed E-state index contributed by atoms with van der Waals surface area (Å²) in [6.45, 7) is 9.39. The molecule has 5 heteroatoms. The topological polar surface area (TPSA) is 50.9 Å². The Hall–Kier alpha value is -0.980. The number of rotatable bonds is 4. The van der Waals surface area contributed by atoms with Gasteiger partial charge in [-0.25, -0.2) is 0 Å². The van der Waals surface area contributed by atoms with Crippen molar-refractivity contribution in [1.82, 2.24) is 4.90 Å². The monoisotopic (exact) mass is 431 g/mol. The molecular weight excluding hydrogens is 401 g/mol. The predicted molar refractivity (Wildman–Crippen MR) is 108 cm³/mol. The molecule has 0 bridgehead atoms. The average Bonchev–Trinajstić information content (AvgIpc) is 2.52. The van der Waals surface area contributed by atoms with Gasteiger partial charge in [-0.1, -0.05) is 32.9 Å². The van der Waals surface area contributed by atoms with Crippen molar-refractivity contribution in [3.8, 4) is 5.75 Å². The number of hydrogen-bond acceptors (Lipinski definition) is 2. The summed E-state index contributed by atoms with van der Waals surface area (Å²) in [6, 6.07) is 8.19. The molecule has 1 saturated heterocycles. The second-order valence-electron chi connectivity index (χ2n) is 6.98. The largest absolute Gasteiger partial charge is 0.497 e. The maximum absolute atomic E-state index is 6.20. The van der Waals surface area contributed by atoms with Gasteiger partial charge in [0.2, 0.25) is 0 Å². The molecule has 0 radical (unpaired) electrons. The molecule has 1 aliphatic heterocycles. The first kappa shape index (κ1) is 20.1. The van der Waals surface area contributed by atoms with Crippen molar-refractivity contribution in [1.29, 1.82) is 0 Å². The van der Waals surface area contributed by atoms with Crippen molar-refractivity contribution in [2.75, 3.05) is 26.7 Å². The van der Waals surface area contributed by atoms with Crippen LogP contribution in [0.1, 0.15) is 39.2 Å². The van der Waals surface area contributed by atoms with E-state index in [1.807, 2.05) is 12.1 Å². The number of hydrogen-bond donors (Lipinski definition) is 1. The summed E-state index contributed by atoms with van der Waals surface area (Å²) >= 11 is 0. The number of guanidine groups is 1. The number of methoxy groups -OCH3 is 1. The van der Waals surface area contributed by atoms with Gasteiger partial charge in [-0.2, -0.15) is 0 Å². The predicted octanol–water partition coefficient (Wildman–Crippen LogP) is 3.64. The first-order valence-corrected chi connectivity index (χ1v) is 8.12. The van der Waals surface area contributed by atoms with E-state index in [1.54, 1.807) is 7.11 Å². The second kappa shape index (κ2) is 8.76. The summed E-state index contributed by atoms with van der Waals surface area (Å²) in [5, 5.41) is 0. The molecule has 2 rings (SSSR count). The van der Waals surface area contributed by atoms with Crippen LogP contribution in [0, 0.1) is 5.92 Å². The average molecular weight is 431 g/mol. The van der Waals surface area contributed by atoms with Crippen molar-refractivity contribution in [3.63, 3.8) is 0 Å². The Bertz CT molecular complexity index is 531. The van der Waals surface area contributed by atoms with Crippen molar-refractivity contribution in [2.24, 2.45) is 16.6 Å². The van der Waals surface area contributed by atoms with Crippen LogP contribution in [0.15, 0.2) is 29.3 Å². The lowest BCUT2D eigenvalue weighted by Crippen LogP contribution is -2.44. The number of halogens is 1. The summed E-state index contributed by atoms with van der Waals surface area (Å²) in [7, 11) is 1.69. The molecule has 0 amide bonds. The second-order valence-corrected chi connectivity index (χ2v) is 6.98. The zero-order chi connectivity index (χ0) is 16.2. The summed E-state index contributed by atoms with van der Waals surface area (Å²) in [5.74, 6) is 2.27. The van der Waals surface area contributed by atoms with Crippen molar-refractivity contribution >= 4 is 29.9 Å². The van der Waals surface area contributed by atoms with E-state index in [9.17, 15) is 0 Å². The van der Waals surface area contributed by atoms with Crippen LogP contribution in [0.3, 0.4) is 0 Å². The third-order valence-corrected chi connectivity index (χ3v) is 4.47. The molecule has 2 N–H and O–H groups in total. The third kappa shape index (κ3) is 5.55. The van der Waals surface area contributed by atoms with Crippen molar-refractivity contribution in [2.45, 2.75) is 39.0 Å². The maximum Gasteiger partial charge on any atom is 0.191 e. The number of piperidine rings is 1. The lowest BCUT2D eigenvalue weighted by Gasteiger charge is -2.32.